The molecule has 2 aromatic carbocycles. The number of carbonyl (C=O) groups excluding carboxylic acids is 2. The Bertz CT molecular complexity index is 901. The molecule has 0 radical (unpaired) electrons. The third-order valence-electron chi connectivity index (χ3n) is 4.62. The fourth-order valence-electron chi connectivity index (χ4n) is 3.09. The number of amides is 3. The molecule has 0 saturated carbocycles. The van der Waals surface area contributed by atoms with Crippen LogP contribution in [0.5, 0.6) is 17.2 Å². The predicted molar refractivity (Wildman–Crippen MR) is 97.1 cm³/mol. The van der Waals surface area contributed by atoms with Crippen molar-refractivity contribution >= 4 is 23.5 Å². The summed E-state index contributed by atoms with van der Waals surface area (Å²) in [7, 11) is 0. The molecule has 1 unspecified atom stereocenters. The summed E-state index contributed by atoms with van der Waals surface area (Å²) in [4.78, 5) is 26.4. The number of nitrogens with zero attached hydrogens (tertiary/aromatic N) is 1. The minimum atomic E-state index is -1.17. The molecule has 1 N–H and O–H groups in total. The molecule has 2 aliphatic heterocycles. The summed E-state index contributed by atoms with van der Waals surface area (Å²) in [5.41, 5.74) is -0.538. The Balaban J connectivity index is 1.45. The average Bonchev–Trinajstić information content (AvgIpc) is 3.21. The lowest BCUT2D eigenvalue weighted by Gasteiger charge is -2.22. The quantitative estimate of drug-likeness (QED) is 0.797. The van der Waals surface area contributed by atoms with E-state index in [1.807, 2.05) is 0 Å². The summed E-state index contributed by atoms with van der Waals surface area (Å²) in [5.74, 6) is 1.45. The third-order valence-corrected chi connectivity index (χ3v) is 4.87. The van der Waals surface area contributed by atoms with Gasteiger partial charge in [-0.25, -0.2) is 4.79 Å². The number of benzene rings is 2. The molecule has 0 spiro atoms. The zero-order valence-corrected chi connectivity index (χ0v) is 15.3. The first-order valence-electron chi connectivity index (χ1n) is 8.40. The van der Waals surface area contributed by atoms with Crippen molar-refractivity contribution in [2.45, 2.75) is 12.5 Å². The van der Waals surface area contributed by atoms with Gasteiger partial charge in [0.05, 0.1) is 6.54 Å². The average molecular weight is 389 g/mol. The molecule has 1 atom stereocenters. The number of hydrogen-bond donors (Lipinski definition) is 1. The molecule has 140 valence electrons. The predicted octanol–water partition coefficient (Wildman–Crippen LogP) is 2.91. The van der Waals surface area contributed by atoms with Gasteiger partial charge in [-0.3, -0.25) is 9.69 Å². The van der Waals surface area contributed by atoms with E-state index in [1.165, 1.54) is 0 Å². The number of rotatable bonds is 5. The zero-order valence-electron chi connectivity index (χ0n) is 14.5. The lowest BCUT2D eigenvalue weighted by Crippen LogP contribution is -2.41. The van der Waals surface area contributed by atoms with Crippen molar-refractivity contribution in [2.75, 3.05) is 19.9 Å². The molecule has 0 aliphatic carbocycles. The molecule has 1 fully saturated rings. The molecule has 2 aliphatic rings. The van der Waals surface area contributed by atoms with Crippen molar-refractivity contribution < 1.29 is 23.8 Å². The van der Waals surface area contributed by atoms with Crippen LogP contribution in [0.25, 0.3) is 0 Å². The number of imide groups is 1. The minimum absolute atomic E-state index is 0.132. The lowest BCUT2D eigenvalue weighted by atomic mass is 9.91. The molecule has 1 saturated heterocycles. The zero-order chi connectivity index (χ0) is 19.0. The maximum atomic E-state index is 12.9. The molecule has 0 aromatic heterocycles. The summed E-state index contributed by atoms with van der Waals surface area (Å²) >= 11 is 5.83. The van der Waals surface area contributed by atoms with Crippen LogP contribution in [0.2, 0.25) is 5.02 Å². The molecule has 0 bridgehead atoms. The van der Waals surface area contributed by atoms with Gasteiger partial charge in [-0.1, -0.05) is 17.7 Å². The van der Waals surface area contributed by atoms with Gasteiger partial charge in [0.15, 0.2) is 11.5 Å². The van der Waals surface area contributed by atoms with Gasteiger partial charge in [0.2, 0.25) is 6.79 Å². The van der Waals surface area contributed by atoms with E-state index in [1.54, 1.807) is 49.4 Å². The van der Waals surface area contributed by atoms with Gasteiger partial charge in [-0.2, -0.15) is 0 Å². The van der Waals surface area contributed by atoms with Gasteiger partial charge in [0.1, 0.15) is 17.9 Å². The van der Waals surface area contributed by atoms with Crippen LogP contribution in [0, 0.1) is 0 Å². The van der Waals surface area contributed by atoms with Gasteiger partial charge >= 0.3 is 6.03 Å². The second-order valence-corrected chi connectivity index (χ2v) is 6.82. The van der Waals surface area contributed by atoms with E-state index in [-0.39, 0.29) is 25.9 Å². The monoisotopic (exact) mass is 388 g/mol. The summed E-state index contributed by atoms with van der Waals surface area (Å²) in [6.07, 6.45) is 0. The summed E-state index contributed by atoms with van der Waals surface area (Å²) in [5, 5.41) is 3.37. The molecule has 3 amide bonds. The van der Waals surface area contributed by atoms with Crippen LogP contribution in [0.15, 0.2) is 42.5 Å². The van der Waals surface area contributed by atoms with Crippen LogP contribution in [0.4, 0.5) is 4.79 Å². The highest BCUT2D eigenvalue weighted by Crippen LogP contribution is 2.37. The van der Waals surface area contributed by atoms with Crippen molar-refractivity contribution in [3.05, 3.63) is 53.1 Å². The van der Waals surface area contributed by atoms with Crippen molar-refractivity contribution in [1.29, 1.82) is 0 Å². The highest BCUT2D eigenvalue weighted by atomic mass is 35.5. The van der Waals surface area contributed by atoms with Gasteiger partial charge in [0.25, 0.3) is 5.91 Å². The Morgan fingerprint density at radius 2 is 1.89 bits per heavy atom. The first-order chi connectivity index (χ1) is 13.0. The Labute approximate surface area is 160 Å². The third kappa shape index (κ3) is 3.14. The van der Waals surface area contributed by atoms with E-state index in [0.29, 0.717) is 27.8 Å². The highest BCUT2D eigenvalue weighted by molar-refractivity contribution is 6.30. The topological polar surface area (TPSA) is 77.1 Å². The van der Waals surface area contributed by atoms with Crippen LogP contribution in [-0.2, 0) is 10.3 Å². The van der Waals surface area contributed by atoms with Crippen LogP contribution in [-0.4, -0.2) is 36.8 Å². The first kappa shape index (κ1) is 17.5. The number of halogens is 1. The number of fused-ring (bicyclic) bond motifs is 1. The standard InChI is InChI=1S/C19H17ClN2O5/c1-19(12-2-7-15-16(10-12)27-11-26-15)17(23)22(18(24)21-19)8-9-25-14-5-3-13(20)4-6-14/h2-7,10H,8-9,11H2,1H3,(H,21,24). The Hall–Kier alpha value is -2.93. The SMILES string of the molecule is CC1(c2ccc3c(c2)OCO3)NC(=O)N(CCOc2ccc(Cl)cc2)C1=O. The van der Waals surface area contributed by atoms with E-state index >= 15 is 0 Å². The van der Waals surface area contributed by atoms with Gasteiger partial charge < -0.3 is 19.5 Å². The van der Waals surface area contributed by atoms with E-state index in [9.17, 15) is 9.59 Å². The lowest BCUT2D eigenvalue weighted by molar-refractivity contribution is -0.131. The van der Waals surface area contributed by atoms with Crippen LogP contribution in [0.1, 0.15) is 12.5 Å². The second kappa shape index (κ2) is 6.66. The Morgan fingerprint density at radius 3 is 2.67 bits per heavy atom. The number of urea groups is 1. The molecular weight excluding hydrogens is 372 g/mol. The van der Waals surface area contributed by atoms with Crippen LogP contribution >= 0.6 is 11.6 Å². The largest absolute Gasteiger partial charge is 0.492 e. The Kier molecular flexibility index (Phi) is 4.31. The summed E-state index contributed by atoms with van der Waals surface area (Å²) in [6.45, 7) is 2.13. The summed E-state index contributed by atoms with van der Waals surface area (Å²) < 4.78 is 16.2. The van der Waals surface area contributed by atoms with E-state index in [0.717, 1.165) is 4.90 Å². The molecule has 2 heterocycles. The fraction of sp³-hybridized carbons (Fsp3) is 0.263. The van der Waals surface area contributed by atoms with Gasteiger partial charge in [-0.05, 0) is 48.9 Å². The molecule has 27 heavy (non-hydrogen) atoms. The molecule has 8 heteroatoms. The van der Waals surface area contributed by atoms with E-state index in [2.05, 4.69) is 5.32 Å². The molecule has 7 nitrogen and oxygen atoms in total. The van der Waals surface area contributed by atoms with Gasteiger partial charge in [-0.15, -0.1) is 0 Å². The smallest absolute Gasteiger partial charge is 0.325 e. The fourth-order valence-corrected chi connectivity index (χ4v) is 3.21. The number of nitrogens with one attached hydrogen (secondary N) is 1. The second-order valence-electron chi connectivity index (χ2n) is 6.38. The van der Waals surface area contributed by atoms with Gasteiger partial charge in [0, 0.05) is 5.02 Å². The van der Waals surface area contributed by atoms with E-state index < -0.39 is 11.6 Å². The normalized spacial score (nSPS) is 20.7. The summed E-state index contributed by atoms with van der Waals surface area (Å²) in [6, 6.07) is 11.6. The number of hydrogen-bond acceptors (Lipinski definition) is 5. The maximum absolute atomic E-state index is 12.9. The molecule has 4 rings (SSSR count). The van der Waals surface area contributed by atoms with E-state index in [4.69, 9.17) is 25.8 Å². The molecule has 2 aromatic rings. The number of carbonyl (C=O) groups is 2. The first-order valence-corrected chi connectivity index (χ1v) is 8.78. The van der Waals surface area contributed by atoms with Crippen molar-refractivity contribution in [2.24, 2.45) is 0 Å². The number of ether oxygens (including phenoxy) is 3. The van der Waals surface area contributed by atoms with Crippen molar-refractivity contribution in [3.63, 3.8) is 0 Å². The maximum Gasteiger partial charge on any atom is 0.325 e. The highest BCUT2D eigenvalue weighted by Gasteiger charge is 2.49. The Morgan fingerprint density at radius 1 is 1.15 bits per heavy atom. The molecular formula is C19H17ClN2O5. The van der Waals surface area contributed by atoms with Crippen LogP contribution in [0.3, 0.4) is 0 Å². The van der Waals surface area contributed by atoms with Crippen LogP contribution < -0.4 is 19.5 Å². The minimum Gasteiger partial charge on any atom is -0.492 e. The van der Waals surface area contributed by atoms with Crippen molar-refractivity contribution in [1.82, 2.24) is 10.2 Å². The van der Waals surface area contributed by atoms with Crippen molar-refractivity contribution in [3.8, 4) is 17.2 Å².